The molecule has 1 aliphatic rings. The minimum atomic E-state index is -1.81. The summed E-state index contributed by atoms with van der Waals surface area (Å²) in [7, 11) is 0. The molecule has 0 fully saturated rings. The number of rotatable bonds is 2. The molecule has 4 rings (SSSR count). The van der Waals surface area contributed by atoms with Gasteiger partial charge in [0, 0.05) is 12.1 Å². The number of pyridine rings is 1. The van der Waals surface area contributed by atoms with Crippen LogP contribution >= 0.6 is 0 Å². The third kappa shape index (κ3) is 1.96. The second kappa shape index (κ2) is 4.91. The van der Waals surface area contributed by atoms with E-state index in [1.807, 2.05) is 71.5 Å². The molecule has 0 atom stereocenters. The average molecular weight is 289 g/mol. The van der Waals surface area contributed by atoms with E-state index in [1.54, 1.807) is 0 Å². The number of aryl methyl sites for hydroxylation is 1. The second-order valence-electron chi connectivity index (χ2n) is 5.59. The van der Waals surface area contributed by atoms with E-state index in [0.29, 0.717) is 0 Å². The van der Waals surface area contributed by atoms with E-state index in [4.69, 9.17) is 9.31 Å². The van der Waals surface area contributed by atoms with Crippen LogP contribution in [-0.2, 0) is 0 Å². The third-order valence-electron chi connectivity index (χ3n) is 4.06. The Morgan fingerprint density at radius 3 is 1.86 bits per heavy atom. The van der Waals surface area contributed by atoms with Gasteiger partial charge in [0.25, 0.3) is 0 Å². The number of para-hydroxylation sites is 2. The van der Waals surface area contributed by atoms with E-state index in [9.17, 15) is 0 Å². The molecule has 22 heavy (non-hydrogen) atoms. The molecule has 108 valence electrons. The van der Waals surface area contributed by atoms with Gasteiger partial charge < -0.3 is 13.8 Å². The van der Waals surface area contributed by atoms with Crippen LogP contribution in [0.4, 0.5) is 0 Å². The number of hydrogen-bond donors (Lipinski definition) is 0. The molecule has 0 unspecified atom stereocenters. The van der Waals surface area contributed by atoms with Gasteiger partial charge in [0.2, 0.25) is 0 Å². The normalized spacial score (nSPS) is 14.8. The van der Waals surface area contributed by atoms with Crippen molar-refractivity contribution in [3.05, 3.63) is 84.7 Å². The highest BCUT2D eigenvalue weighted by Crippen LogP contribution is 2.35. The number of nitrogens with zero attached hydrogens (tertiary/aromatic N) is 1. The topological polar surface area (TPSA) is 22.3 Å². The first-order valence-electron chi connectivity index (χ1n) is 7.42. The maximum Gasteiger partial charge on any atom is 0.684 e. The van der Waals surface area contributed by atoms with Crippen molar-refractivity contribution in [3.63, 3.8) is 0 Å². The highest BCUT2D eigenvalue weighted by atomic mass is 16.7. The zero-order valence-electron chi connectivity index (χ0n) is 12.3. The summed E-state index contributed by atoms with van der Waals surface area (Å²) in [6, 6.07) is 22.0. The Balaban J connectivity index is 1.89. The van der Waals surface area contributed by atoms with Gasteiger partial charge in [-0.05, 0) is 30.1 Å². The minimum Gasteiger partial charge on any atom is -0.616 e. The molecule has 0 saturated carbocycles. The molecule has 4 heteroatoms. The maximum atomic E-state index is 6.31. The van der Waals surface area contributed by atoms with Gasteiger partial charge in [-0.2, -0.15) is 0 Å². The lowest BCUT2D eigenvalue weighted by atomic mass is 9.63. The highest BCUT2D eigenvalue weighted by Gasteiger charge is 2.52. The molecule has 0 aliphatic carbocycles. The Labute approximate surface area is 129 Å². The summed E-state index contributed by atoms with van der Waals surface area (Å²) in [4.78, 5) is 0. The Morgan fingerprint density at radius 2 is 1.27 bits per heavy atom. The van der Waals surface area contributed by atoms with Crippen LogP contribution in [0.2, 0.25) is 0 Å². The van der Waals surface area contributed by atoms with Crippen LogP contribution in [0.25, 0.3) is 0 Å². The van der Waals surface area contributed by atoms with E-state index in [2.05, 4.69) is 19.1 Å². The molecule has 3 nitrogen and oxygen atoms in total. The van der Waals surface area contributed by atoms with Crippen molar-refractivity contribution in [2.45, 2.75) is 6.92 Å². The van der Waals surface area contributed by atoms with Crippen molar-refractivity contribution in [1.29, 1.82) is 0 Å². The Hall–Kier alpha value is -2.75. The van der Waals surface area contributed by atoms with Crippen molar-refractivity contribution < 1.29 is 13.8 Å². The quantitative estimate of drug-likeness (QED) is 0.676. The van der Waals surface area contributed by atoms with Gasteiger partial charge in [0.1, 0.15) is 23.9 Å². The monoisotopic (exact) mass is 289 g/mol. The predicted molar refractivity (Wildman–Crippen MR) is 86.3 cm³/mol. The first-order chi connectivity index (χ1) is 10.8. The van der Waals surface area contributed by atoms with Crippen LogP contribution in [0.15, 0.2) is 79.1 Å². The summed E-state index contributed by atoms with van der Waals surface area (Å²) < 4.78 is 14.6. The van der Waals surface area contributed by atoms with Crippen LogP contribution in [-0.4, -0.2) is 6.69 Å². The Morgan fingerprint density at radius 1 is 0.727 bits per heavy atom. The van der Waals surface area contributed by atoms with Crippen LogP contribution in [0.3, 0.4) is 0 Å². The summed E-state index contributed by atoms with van der Waals surface area (Å²) in [5.41, 5.74) is 2.21. The van der Waals surface area contributed by atoms with E-state index in [-0.39, 0.29) is 0 Å². The molecule has 0 amide bonds. The summed E-state index contributed by atoms with van der Waals surface area (Å²) in [5, 5.41) is 0. The molecule has 3 aromatic rings. The van der Waals surface area contributed by atoms with Crippen LogP contribution in [0, 0.1) is 6.92 Å². The van der Waals surface area contributed by atoms with Gasteiger partial charge in [-0.25, -0.2) is 0 Å². The Bertz CT molecular complexity index is 778. The van der Waals surface area contributed by atoms with E-state index >= 15 is 0 Å². The minimum absolute atomic E-state index is 0.777. The number of hydrogen-bond acceptors (Lipinski definition) is 2. The molecule has 0 spiro atoms. The van der Waals surface area contributed by atoms with Crippen molar-refractivity contribution in [2.75, 3.05) is 0 Å². The molecule has 2 heterocycles. The molecule has 2 aromatic carbocycles. The molecule has 1 aromatic heterocycles. The predicted octanol–water partition coefficient (Wildman–Crippen LogP) is 2.45. The summed E-state index contributed by atoms with van der Waals surface area (Å²) in [5.74, 6) is 1.55. The largest absolute Gasteiger partial charge is 0.684 e. The smallest absolute Gasteiger partial charge is 0.616 e. The second-order valence-corrected chi connectivity index (χ2v) is 5.59. The molecule has 0 bridgehead atoms. The lowest BCUT2D eigenvalue weighted by Crippen LogP contribution is -2.77. The number of aromatic nitrogens is 1. The molecule has 0 radical (unpaired) electrons. The molecular weight excluding hydrogens is 273 g/mol. The van der Waals surface area contributed by atoms with Crippen LogP contribution in [0.5, 0.6) is 11.5 Å². The fraction of sp³-hybridized carbons (Fsp3) is 0.0556. The van der Waals surface area contributed by atoms with Gasteiger partial charge in [-0.15, -0.1) is 0 Å². The average Bonchev–Trinajstić information content (AvgIpc) is 2.97. The molecule has 0 N–H and O–H groups in total. The zero-order valence-corrected chi connectivity index (χ0v) is 12.3. The van der Waals surface area contributed by atoms with Gasteiger partial charge in [-0.1, -0.05) is 42.5 Å². The highest BCUT2D eigenvalue weighted by molar-refractivity contribution is 6.75. The van der Waals surface area contributed by atoms with E-state index in [0.717, 1.165) is 17.0 Å². The van der Waals surface area contributed by atoms with Crippen molar-refractivity contribution in [3.8, 4) is 11.5 Å². The lowest BCUT2D eigenvalue weighted by molar-refractivity contribution is -0.565. The third-order valence-corrected chi connectivity index (χ3v) is 4.06. The summed E-state index contributed by atoms with van der Waals surface area (Å²) >= 11 is 0. The van der Waals surface area contributed by atoms with Gasteiger partial charge in [0.15, 0.2) is 0 Å². The van der Waals surface area contributed by atoms with Crippen molar-refractivity contribution in [1.82, 2.24) is 0 Å². The van der Waals surface area contributed by atoms with Gasteiger partial charge in [-0.3, -0.25) is 0 Å². The van der Waals surface area contributed by atoms with Crippen molar-refractivity contribution in [2.24, 2.45) is 0 Å². The molecular formula is C18H16BNO2. The van der Waals surface area contributed by atoms with Crippen LogP contribution < -0.4 is 19.2 Å². The summed E-state index contributed by atoms with van der Waals surface area (Å²) in [6.07, 6.45) is 4.02. The standard InChI is InChI=1S/C18H16BNO2/c1-15-11-13-20(14-12-15)19(16-7-3-2-4-8-16)21-17-9-5-6-10-18(17)22-19/h2-14H,1H3. The lowest BCUT2D eigenvalue weighted by Gasteiger charge is -2.28. The van der Waals surface area contributed by atoms with Gasteiger partial charge in [0.05, 0.1) is 0 Å². The maximum absolute atomic E-state index is 6.31. The number of fused-ring (bicyclic) bond motifs is 1. The molecule has 1 aliphatic heterocycles. The number of benzene rings is 2. The van der Waals surface area contributed by atoms with E-state index in [1.165, 1.54) is 5.56 Å². The zero-order chi connectivity index (χ0) is 15.0. The summed E-state index contributed by atoms with van der Waals surface area (Å²) in [6.45, 7) is 0.258. The fourth-order valence-corrected chi connectivity index (χ4v) is 2.88. The Kier molecular flexibility index (Phi) is 2.89. The first-order valence-corrected chi connectivity index (χ1v) is 7.42. The van der Waals surface area contributed by atoms with Crippen LogP contribution in [0.1, 0.15) is 5.56 Å². The molecule has 0 saturated heterocycles. The SMILES string of the molecule is Cc1cc[n+]([B-]2(c3ccccc3)Oc3ccccc3O2)cc1. The van der Waals surface area contributed by atoms with Gasteiger partial charge >= 0.3 is 6.69 Å². The first kappa shape index (κ1) is 13.0. The van der Waals surface area contributed by atoms with E-state index < -0.39 is 6.69 Å². The fourth-order valence-electron chi connectivity index (χ4n) is 2.88. The van der Waals surface area contributed by atoms with Crippen molar-refractivity contribution >= 4 is 12.1 Å².